The number of rotatable bonds is 6. The Bertz CT molecular complexity index is 727. The first-order valence-electron chi connectivity index (χ1n) is 10.1. The van der Waals surface area contributed by atoms with E-state index >= 15 is 0 Å². The third kappa shape index (κ3) is 5.77. The van der Waals surface area contributed by atoms with Crippen LogP contribution in [-0.4, -0.2) is 44.4 Å². The van der Waals surface area contributed by atoms with Crippen LogP contribution in [0, 0.1) is 0 Å². The van der Waals surface area contributed by atoms with Crippen molar-refractivity contribution >= 4 is 21.6 Å². The van der Waals surface area contributed by atoms with Crippen molar-refractivity contribution in [1.29, 1.82) is 0 Å². The van der Waals surface area contributed by atoms with Crippen molar-refractivity contribution in [2.75, 3.05) is 18.4 Å². The minimum absolute atomic E-state index is 0.0367. The van der Waals surface area contributed by atoms with Gasteiger partial charge in [-0.25, -0.2) is 13.1 Å². The van der Waals surface area contributed by atoms with E-state index in [9.17, 15) is 13.2 Å². The van der Waals surface area contributed by atoms with Gasteiger partial charge in [0.2, 0.25) is 15.9 Å². The van der Waals surface area contributed by atoms with E-state index in [0.717, 1.165) is 45.1 Å². The normalized spacial score (nSPS) is 22.5. The van der Waals surface area contributed by atoms with Crippen LogP contribution in [0.15, 0.2) is 29.2 Å². The number of piperidine rings is 1. The lowest BCUT2D eigenvalue weighted by Crippen LogP contribution is -2.42. The van der Waals surface area contributed by atoms with E-state index in [1.165, 1.54) is 12.8 Å². The molecular weight excluding hydrogens is 362 g/mol. The van der Waals surface area contributed by atoms with Crippen LogP contribution in [0.5, 0.6) is 0 Å². The monoisotopic (exact) mass is 393 g/mol. The zero-order valence-electron chi connectivity index (χ0n) is 16.1. The van der Waals surface area contributed by atoms with Crippen molar-refractivity contribution in [2.24, 2.45) is 0 Å². The maximum absolute atomic E-state index is 12.5. The molecule has 0 radical (unpaired) electrons. The van der Waals surface area contributed by atoms with Crippen molar-refractivity contribution in [3.8, 4) is 0 Å². The first kappa shape index (κ1) is 20.3. The maximum atomic E-state index is 12.5. The predicted octanol–water partition coefficient (Wildman–Crippen LogP) is 3.11. The quantitative estimate of drug-likeness (QED) is 0.778. The van der Waals surface area contributed by atoms with E-state index in [0.29, 0.717) is 18.3 Å². The molecule has 7 heteroatoms. The molecule has 2 fully saturated rings. The summed E-state index contributed by atoms with van der Waals surface area (Å²) in [5.41, 5.74) is 0.626. The lowest BCUT2D eigenvalue weighted by Gasteiger charge is -2.32. The molecule has 1 heterocycles. The molecule has 0 spiro atoms. The van der Waals surface area contributed by atoms with Crippen molar-refractivity contribution < 1.29 is 13.2 Å². The molecule has 1 aliphatic carbocycles. The topological polar surface area (TPSA) is 78.5 Å². The molecule has 0 unspecified atom stereocenters. The van der Waals surface area contributed by atoms with Crippen LogP contribution in [0.4, 0.5) is 5.69 Å². The van der Waals surface area contributed by atoms with Gasteiger partial charge in [0.1, 0.15) is 0 Å². The average molecular weight is 394 g/mol. The van der Waals surface area contributed by atoms with Gasteiger partial charge in [-0.3, -0.25) is 9.69 Å². The zero-order valence-corrected chi connectivity index (χ0v) is 16.9. The Hall–Kier alpha value is -1.44. The number of sulfonamides is 1. The molecule has 1 aliphatic heterocycles. The van der Waals surface area contributed by atoms with E-state index in [2.05, 4.69) is 21.9 Å². The SMILES string of the molecule is C[C@@H]1CCCCN1CC(=O)Nc1ccc(S(=O)(=O)NC2CCCCC2)cc1. The molecule has 2 N–H and O–H groups in total. The highest BCUT2D eigenvalue weighted by Gasteiger charge is 2.22. The van der Waals surface area contributed by atoms with Gasteiger partial charge in [0.15, 0.2) is 0 Å². The average Bonchev–Trinajstić information content (AvgIpc) is 2.64. The number of carbonyl (C=O) groups is 1. The van der Waals surface area contributed by atoms with E-state index in [4.69, 9.17) is 0 Å². The largest absolute Gasteiger partial charge is 0.325 e. The van der Waals surface area contributed by atoms with Gasteiger partial charge in [-0.1, -0.05) is 25.7 Å². The number of nitrogens with zero attached hydrogens (tertiary/aromatic N) is 1. The number of anilines is 1. The first-order chi connectivity index (χ1) is 12.9. The van der Waals surface area contributed by atoms with Crippen LogP contribution in [0.1, 0.15) is 58.3 Å². The highest BCUT2D eigenvalue weighted by molar-refractivity contribution is 7.89. The summed E-state index contributed by atoms with van der Waals surface area (Å²) in [5.74, 6) is -0.0558. The zero-order chi connectivity index (χ0) is 19.3. The van der Waals surface area contributed by atoms with Gasteiger partial charge in [-0.2, -0.15) is 0 Å². The van der Waals surface area contributed by atoms with E-state index < -0.39 is 10.0 Å². The summed E-state index contributed by atoms with van der Waals surface area (Å²) in [5, 5.41) is 2.87. The second kappa shape index (κ2) is 9.17. The number of hydrogen-bond acceptors (Lipinski definition) is 4. The van der Waals surface area contributed by atoms with Crippen LogP contribution >= 0.6 is 0 Å². The molecule has 1 aromatic rings. The molecule has 3 rings (SSSR count). The number of amides is 1. The smallest absolute Gasteiger partial charge is 0.240 e. The van der Waals surface area contributed by atoms with Crippen LogP contribution in [0.25, 0.3) is 0 Å². The predicted molar refractivity (Wildman–Crippen MR) is 107 cm³/mol. The van der Waals surface area contributed by atoms with Crippen molar-refractivity contribution in [3.63, 3.8) is 0 Å². The Balaban J connectivity index is 1.55. The highest BCUT2D eigenvalue weighted by atomic mass is 32.2. The fourth-order valence-electron chi connectivity index (χ4n) is 4.00. The van der Waals surface area contributed by atoms with E-state index in [1.54, 1.807) is 24.3 Å². The summed E-state index contributed by atoms with van der Waals surface area (Å²) in [6.45, 7) is 3.49. The number of carbonyl (C=O) groups excluding carboxylic acids is 1. The van der Waals surface area contributed by atoms with Crippen molar-refractivity contribution in [3.05, 3.63) is 24.3 Å². The molecule has 1 atom stereocenters. The molecular formula is C20H31N3O3S. The molecule has 2 aliphatic rings. The van der Waals surface area contributed by atoms with Gasteiger partial charge >= 0.3 is 0 Å². The molecule has 0 aromatic heterocycles. The van der Waals surface area contributed by atoms with Crippen LogP contribution in [0.3, 0.4) is 0 Å². The summed E-state index contributed by atoms with van der Waals surface area (Å²) < 4.78 is 27.9. The fraction of sp³-hybridized carbons (Fsp3) is 0.650. The molecule has 1 amide bonds. The standard InChI is InChI=1S/C20H31N3O3S/c1-16-7-5-6-14-23(16)15-20(24)21-17-10-12-19(13-11-17)27(25,26)22-18-8-3-2-4-9-18/h10-13,16,18,22H,2-9,14-15H2,1H3,(H,21,24)/t16-/m1/s1. The minimum atomic E-state index is -3.51. The van der Waals surface area contributed by atoms with Crippen LogP contribution < -0.4 is 10.0 Å². The maximum Gasteiger partial charge on any atom is 0.240 e. The summed E-state index contributed by atoms with van der Waals surface area (Å²) in [4.78, 5) is 14.7. The summed E-state index contributed by atoms with van der Waals surface area (Å²) >= 11 is 0. The lowest BCUT2D eigenvalue weighted by atomic mass is 9.96. The van der Waals surface area contributed by atoms with Crippen molar-refractivity contribution in [1.82, 2.24) is 9.62 Å². The van der Waals surface area contributed by atoms with Gasteiger partial charge in [0.05, 0.1) is 11.4 Å². The number of likely N-dealkylation sites (tertiary alicyclic amines) is 1. The van der Waals surface area contributed by atoms with Crippen molar-refractivity contribution in [2.45, 2.75) is 75.3 Å². The summed E-state index contributed by atoms with van der Waals surface area (Å²) in [6, 6.07) is 6.91. The number of hydrogen-bond donors (Lipinski definition) is 2. The number of benzene rings is 1. The molecule has 1 saturated heterocycles. The van der Waals surface area contributed by atoms with Gasteiger partial charge in [0, 0.05) is 17.8 Å². The Morgan fingerprint density at radius 1 is 1.04 bits per heavy atom. The lowest BCUT2D eigenvalue weighted by molar-refractivity contribution is -0.118. The Morgan fingerprint density at radius 3 is 2.37 bits per heavy atom. The molecule has 0 bridgehead atoms. The summed E-state index contributed by atoms with van der Waals surface area (Å²) in [6.07, 6.45) is 8.64. The second-order valence-corrected chi connectivity index (χ2v) is 9.56. The Kier molecular flexibility index (Phi) is 6.89. The van der Waals surface area contributed by atoms with Gasteiger partial charge < -0.3 is 5.32 Å². The van der Waals surface area contributed by atoms with Gasteiger partial charge in [-0.05, 0) is 63.4 Å². The second-order valence-electron chi connectivity index (χ2n) is 7.84. The van der Waals surface area contributed by atoms with E-state index in [1.807, 2.05) is 0 Å². The van der Waals surface area contributed by atoms with Crippen LogP contribution in [0.2, 0.25) is 0 Å². The molecule has 1 saturated carbocycles. The Labute approximate surface area is 162 Å². The molecule has 6 nitrogen and oxygen atoms in total. The third-order valence-corrected chi connectivity index (χ3v) is 7.20. The van der Waals surface area contributed by atoms with Crippen LogP contribution in [-0.2, 0) is 14.8 Å². The fourth-order valence-corrected chi connectivity index (χ4v) is 5.31. The summed E-state index contributed by atoms with van der Waals surface area (Å²) in [7, 11) is -3.51. The number of nitrogens with one attached hydrogen (secondary N) is 2. The first-order valence-corrected chi connectivity index (χ1v) is 11.6. The van der Waals surface area contributed by atoms with E-state index in [-0.39, 0.29) is 16.8 Å². The Morgan fingerprint density at radius 2 is 1.70 bits per heavy atom. The highest BCUT2D eigenvalue weighted by Crippen LogP contribution is 2.21. The van der Waals surface area contributed by atoms with Gasteiger partial charge in [-0.15, -0.1) is 0 Å². The third-order valence-electron chi connectivity index (χ3n) is 5.66. The molecule has 27 heavy (non-hydrogen) atoms. The molecule has 150 valence electrons. The minimum Gasteiger partial charge on any atom is -0.325 e. The van der Waals surface area contributed by atoms with Gasteiger partial charge in [0.25, 0.3) is 0 Å². The molecule has 1 aromatic carbocycles.